The minimum atomic E-state index is -4.36. The fourth-order valence-electron chi connectivity index (χ4n) is 1.03. The number of halogens is 5. The Morgan fingerprint density at radius 2 is 1.86 bits per heavy atom. The van der Waals surface area contributed by atoms with Gasteiger partial charge in [0.05, 0.1) is 5.92 Å². The summed E-state index contributed by atoms with van der Waals surface area (Å²) < 4.78 is 49.3. The van der Waals surface area contributed by atoms with E-state index in [4.69, 9.17) is 11.6 Å². The Hall–Kier alpha value is -0.770. The van der Waals surface area contributed by atoms with Crippen LogP contribution in [0.25, 0.3) is 0 Å². The molecular weight excluding hydrogens is 220 g/mol. The van der Waals surface area contributed by atoms with Crippen molar-refractivity contribution in [2.24, 2.45) is 0 Å². The first kappa shape index (κ1) is 11.3. The van der Waals surface area contributed by atoms with Crippen molar-refractivity contribution in [3.8, 4) is 0 Å². The first-order valence-electron chi connectivity index (χ1n) is 3.84. The normalized spacial score (nSPS) is 14.1. The lowest BCUT2D eigenvalue weighted by Gasteiger charge is -2.16. The lowest BCUT2D eigenvalue weighted by atomic mass is 10.0. The van der Waals surface area contributed by atoms with Crippen LogP contribution in [-0.2, 0) is 0 Å². The summed E-state index contributed by atoms with van der Waals surface area (Å²) in [5, 5.41) is -0.199. The van der Waals surface area contributed by atoms with Crippen molar-refractivity contribution in [1.29, 1.82) is 0 Å². The largest absolute Gasteiger partial charge is 0.395 e. The van der Waals surface area contributed by atoms with Crippen molar-refractivity contribution >= 4 is 11.6 Å². The molecule has 14 heavy (non-hydrogen) atoms. The van der Waals surface area contributed by atoms with Crippen molar-refractivity contribution in [3.63, 3.8) is 0 Å². The molecule has 0 aliphatic rings. The quantitative estimate of drug-likeness (QED) is 0.631. The Bertz CT molecular complexity index is 332. The SMILES string of the molecule is C[C@@H](c1ccc(F)cc1Cl)C(F)(F)F. The summed E-state index contributed by atoms with van der Waals surface area (Å²) in [5.41, 5.74) is -0.111. The first-order chi connectivity index (χ1) is 6.32. The minimum absolute atomic E-state index is 0.111. The van der Waals surface area contributed by atoms with Crippen molar-refractivity contribution in [2.45, 2.75) is 19.0 Å². The van der Waals surface area contributed by atoms with E-state index in [0.29, 0.717) is 0 Å². The van der Waals surface area contributed by atoms with E-state index in [1.165, 1.54) is 0 Å². The Morgan fingerprint density at radius 3 is 2.29 bits per heavy atom. The van der Waals surface area contributed by atoms with Gasteiger partial charge < -0.3 is 0 Å². The van der Waals surface area contributed by atoms with E-state index in [9.17, 15) is 17.6 Å². The van der Waals surface area contributed by atoms with Crippen LogP contribution in [0.1, 0.15) is 18.4 Å². The van der Waals surface area contributed by atoms with Gasteiger partial charge in [-0.15, -0.1) is 0 Å². The number of rotatable bonds is 1. The Morgan fingerprint density at radius 1 is 1.29 bits per heavy atom. The van der Waals surface area contributed by atoms with Crippen LogP contribution in [0.15, 0.2) is 18.2 Å². The highest BCUT2D eigenvalue weighted by Crippen LogP contribution is 2.37. The average molecular weight is 227 g/mol. The average Bonchev–Trinajstić information content (AvgIpc) is 2.01. The monoisotopic (exact) mass is 226 g/mol. The maximum Gasteiger partial charge on any atom is 0.395 e. The van der Waals surface area contributed by atoms with Gasteiger partial charge in [0.15, 0.2) is 0 Å². The van der Waals surface area contributed by atoms with Crippen molar-refractivity contribution < 1.29 is 17.6 Å². The van der Waals surface area contributed by atoms with Gasteiger partial charge >= 0.3 is 6.18 Å². The topological polar surface area (TPSA) is 0 Å². The van der Waals surface area contributed by atoms with Crippen LogP contribution in [-0.4, -0.2) is 6.18 Å². The molecule has 0 unspecified atom stereocenters. The Kier molecular flexibility index (Phi) is 3.04. The van der Waals surface area contributed by atoms with Crippen LogP contribution in [0.4, 0.5) is 17.6 Å². The van der Waals surface area contributed by atoms with E-state index >= 15 is 0 Å². The highest BCUT2D eigenvalue weighted by Gasteiger charge is 2.38. The van der Waals surface area contributed by atoms with Crippen LogP contribution in [0, 0.1) is 5.82 Å². The van der Waals surface area contributed by atoms with Crippen molar-refractivity contribution in [2.75, 3.05) is 0 Å². The molecule has 0 spiro atoms. The molecule has 1 atom stereocenters. The van der Waals surface area contributed by atoms with Gasteiger partial charge in [0.25, 0.3) is 0 Å². The third-order valence-electron chi connectivity index (χ3n) is 1.92. The van der Waals surface area contributed by atoms with Crippen LogP contribution in [0.3, 0.4) is 0 Å². The van der Waals surface area contributed by atoms with Gasteiger partial charge in [0.1, 0.15) is 5.82 Å². The molecular formula is C9H7ClF4. The summed E-state index contributed by atoms with van der Waals surface area (Å²) in [4.78, 5) is 0. The maximum atomic E-state index is 12.5. The molecule has 78 valence electrons. The van der Waals surface area contributed by atoms with E-state index in [-0.39, 0.29) is 10.6 Å². The molecule has 1 aromatic rings. The molecule has 0 fully saturated rings. The summed E-state index contributed by atoms with van der Waals surface area (Å²) >= 11 is 5.49. The van der Waals surface area contributed by atoms with E-state index in [0.717, 1.165) is 25.1 Å². The highest BCUT2D eigenvalue weighted by atomic mass is 35.5. The van der Waals surface area contributed by atoms with Gasteiger partial charge in [-0.05, 0) is 24.6 Å². The zero-order valence-corrected chi connectivity index (χ0v) is 7.96. The Balaban J connectivity index is 3.08. The molecule has 0 saturated carbocycles. The van der Waals surface area contributed by atoms with Crippen LogP contribution in [0.2, 0.25) is 5.02 Å². The van der Waals surface area contributed by atoms with Gasteiger partial charge in [-0.25, -0.2) is 4.39 Å². The molecule has 0 saturated heterocycles. The molecule has 0 aliphatic carbocycles. The standard InChI is InChI=1S/C9H7ClF4/c1-5(9(12,13)14)7-3-2-6(11)4-8(7)10/h2-5H,1H3/t5-/m0/s1. The second-order valence-corrected chi connectivity index (χ2v) is 3.34. The number of hydrogen-bond acceptors (Lipinski definition) is 0. The van der Waals surface area contributed by atoms with Crippen LogP contribution in [0.5, 0.6) is 0 Å². The first-order valence-corrected chi connectivity index (χ1v) is 4.22. The van der Waals surface area contributed by atoms with E-state index in [1.54, 1.807) is 0 Å². The fourth-order valence-corrected chi connectivity index (χ4v) is 1.36. The molecule has 0 amide bonds. The molecule has 0 N–H and O–H groups in total. The summed E-state index contributed by atoms with van der Waals surface area (Å²) in [6, 6.07) is 2.89. The van der Waals surface area contributed by atoms with Crippen LogP contribution < -0.4 is 0 Å². The lowest BCUT2D eigenvalue weighted by Crippen LogP contribution is -2.18. The maximum absolute atomic E-state index is 12.5. The zero-order chi connectivity index (χ0) is 10.9. The third-order valence-corrected chi connectivity index (χ3v) is 2.25. The van der Waals surface area contributed by atoms with Gasteiger partial charge in [-0.1, -0.05) is 17.7 Å². The highest BCUT2D eigenvalue weighted by molar-refractivity contribution is 6.31. The second kappa shape index (κ2) is 3.77. The molecule has 0 heterocycles. The third kappa shape index (κ3) is 2.38. The molecule has 1 rings (SSSR count). The van der Waals surface area contributed by atoms with Crippen molar-refractivity contribution in [1.82, 2.24) is 0 Å². The molecule has 0 aromatic heterocycles. The minimum Gasteiger partial charge on any atom is -0.207 e. The van der Waals surface area contributed by atoms with E-state index in [2.05, 4.69) is 0 Å². The predicted molar refractivity (Wildman–Crippen MR) is 45.9 cm³/mol. The van der Waals surface area contributed by atoms with Crippen LogP contribution >= 0.6 is 11.6 Å². The smallest absolute Gasteiger partial charge is 0.207 e. The molecule has 1 aromatic carbocycles. The predicted octanol–water partition coefficient (Wildman–Crippen LogP) is 4.14. The van der Waals surface area contributed by atoms with Crippen molar-refractivity contribution in [3.05, 3.63) is 34.6 Å². The summed E-state index contributed by atoms with van der Waals surface area (Å²) in [7, 11) is 0. The summed E-state index contributed by atoms with van der Waals surface area (Å²) in [6.45, 7) is 0.985. The van der Waals surface area contributed by atoms with Gasteiger partial charge in [0, 0.05) is 5.02 Å². The Labute approximate surface area is 83.5 Å². The number of benzene rings is 1. The second-order valence-electron chi connectivity index (χ2n) is 2.93. The zero-order valence-electron chi connectivity index (χ0n) is 7.20. The fraction of sp³-hybridized carbons (Fsp3) is 0.333. The van der Waals surface area contributed by atoms with E-state index in [1.807, 2.05) is 0 Å². The van der Waals surface area contributed by atoms with Gasteiger partial charge in [-0.3, -0.25) is 0 Å². The number of alkyl halides is 3. The van der Waals surface area contributed by atoms with E-state index < -0.39 is 17.9 Å². The number of hydrogen-bond donors (Lipinski definition) is 0. The lowest BCUT2D eigenvalue weighted by molar-refractivity contribution is -0.146. The molecule has 0 aliphatic heterocycles. The van der Waals surface area contributed by atoms with Gasteiger partial charge in [0.2, 0.25) is 0 Å². The summed E-state index contributed by atoms with van der Waals surface area (Å²) in [5.74, 6) is -2.33. The molecule has 0 bridgehead atoms. The molecule has 5 heteroatoms. The summed E-state index contributed by atoms with van der Waals surface area (Å²) in [6.07, 6.45) is -4.36. The van der Waals surface area contributed by atoms with Gasteiger partial charge in [-0.2, -0.15) is 13.2 Å². The molecule has 0 nitrogen and oxygen atoms in total. The molecule has 0 radical (unpaired) electrons.